The molecular weight excluding hydrogens is 359 g/mol. The monoisotopic (exact) mass is 381 g/mol. The third-order valence-corrected chi connectivity index (χ3v) is 4.13. The molecule has 1 fully saturated rings. The number of morpholine rings is 1. The lowest BCUT2D eigenvalue weighted by molar-refractivity contribution is -0.137. The summed E-state index contributed by atoms with van der Waals surface area (Å²) in [4.78, 5) is 11.0. The minimum atomic E-state index is -4.38. The van der Waals surface area contributed by atoms with E-state index in [-0.39, 0.29) is 0 Å². The highest BCUT2D eigenvalue weighted by Gasteiger charge is 2.30. The van der Waals surface area contributed by atoms with Crippen LogP contribution < -0.4 is 10.6 Å². The van der Waals surface area contributed by atoms with Crippen LogP contribution in [0.15, 0.2) is 30.3 Å². The van der Waals surface area contributed by atoms with Gasteiger partial charge in [-0.15, -0.1) is 0 Å². The van der Waals surface area contributed by atoms with Gasteiger partial charge >= 0.3 is 6.18 Å². The fraction of sp³-hybridized carbons (Fsp3) is 0.444. The summed E-state index contributed by atoms with van der Waals surface area (Å²) in [6.45, 7) is 6.62. The zero-order chi connectivity index (χ0) is 19.3. The van der Waals surface area contributed by atoms with E-state index in [9.17, 15) is 13.2 Å². The van der Waals surface area contributed by atoms with Crippen molar-refractivity contribution >= 4 is 17.5 Å². The minimum absolute atomic E-state index is 0.321. The van der Waals surface area contributed by atoms with E-state index in [1.807, 2.05) is 6.92 Å². The molecule has 3 rings (SSSR count). The molecule has 6 nitrogen and oxygen atoms in total. The fourth-order valence-corrected chi connectivity index (χ4v) is 2.78. The van der Waals surface area contributed by atoms with E-state index in [2.05, 4.69) is 25.5 Å². The highest BCUT2D eigenvalue weighted by Crippen LogP contribution is 2.31. The molecular formula is C18H22F3N5O. The number of hydrogen-bond donors (Lipinski definition) is 2. The molecule has 0 aliphatic carbocycles. The maximum Gasteiger partial charge on any atom is 0.416 e. The van der Waals surface area contributed by atoms with Crippen LogP contribution in [0.3, 0.4) is 0 Å². The average Bonchev–Trinajstić information content (AvgIpc) is 2.62. The molecule has 0 radical (unpaired) electrons. The summed E-state index contributed by atoms with van der Waals surface area (Å²) in [7, 11) is 0. The first-order chi connectivity index (χ1) is 12.9. The topological polar surface area (TPSA) is 62.3 Å². The molecule has 1 aromatic heterocycles. The Hall–Kier alpha value is -2.39. The standard InChI is InChI=1S/C18H22F3N5O/c1-13-11-16(24-15-4-2-3-14(12-15)18(19,20)21)25-17(23-13)22-5-6-26-7-9-27-10-8-26/h2-4,11-12H,5-10H2,1H3,(H2,22,23,24,25). The van der Waals surface area contributed by atoms with Gasteiger partial charge in [0.05, 0.1) is 18.8 Å². The third-order valence-electron chi connectivity index (χ3n) is 4.13. The van der Waals surface area contributed by atoms with Crippen LogP contribution in [-0.2, 0) is 10.9 Å². The quantitative estimate of drug-likeness (QED) is 0.801. The normalized spacial score (nSPS) is 15.6. The molecule has 1 aromatic carbocycles. The van der Waals surface area contributed by atoms with Gasteiger partial charge < -0.3 is 15.4 Å². The van der Waals surface area contributed by atoms with E-state index in [1.54, 1.807) is 12.1 Å². The number of nitrogens with zero attached hydrogens (tertiary/aromatic N) is 3. The lowest BCUT2D eigenvalue weighted by Gasteiger charge is -2.26. The number of aryl methyl sites for hydroxylation is 1. The van der Waals surface area contributed by atoms with Gasteiger partial charge in [0.2, 0.25) is 5.95 Å². The molecule has 0 saturated carbocycles. The number of alkyl halides is 3. The van der Waals surface area contributed by atoms with Crippen LogP contribution in [0.1, 0.15) is 11.3 Å². The molecule has 1 saturated heterocycles. The van der Waals surface area contributed by atoms with Crippen molar-refractivity contribution in [1.29, 1.82) is 0 Å². The molecule has 27 heavy (non-hydrogen) atoms. The van der Waals surface area contributed by atoms with Crippen molar-refractivity contribution in [3.8, 4) is 0 Å². The average molecular weight is 381 g/mol. The van der Waals surface area contributed by atoms with E-state index < -0.39 is 11.7 Å². The van der Waals surface area contributed by atoms with Gasteiger partial charge in [0, 0.05) is 43.6 Å². The van der Waals surface area contributed by atoms with E-state index in [4.69, 9.17) is 4.74 Å². The van der Waals surface area contributed by atoms with Gasteiger partial charge in [0.1, 0.15) is 5.82 Å². The number of benzene rings is 1. The van der Waals surface area contributed by atoms with Gasteiger partial charge in [-0.25, -0.2) is 4.98 Å². The van der Waals surface area contributed by atoms with Gasteiger partial charge in [0.15, 0.2) is 0 Å². The zero-order valence-corrected chi connectivity index (χ0v) is 15.0. The summed E-state index contributed by atoms with van der Waals surface area (Å²) in [5, 5.41) is 6.09. The summed E-state index contributed by atoms with van der Waals surface area (Å²) >= 11 is 0. The first-order valence-electron chi connectivity index (χ1n) is 8.74. The Kier molecular flexibility index (Phi) is 6.12. The second-order valence-electron chi connectivity index (χ2n) is 6.30. The molecule has 0 atom stereocenters. The van der Waals surface area contributed by atoms with Crippen molar-refractivity contribution in [3.63, 3.8) is 0 Å². The van der Waals surface area contributed by atoms with Gasteiger partial charge in [-0.3, -0.25) is 4.90 Å². The predicted molar refractivity (Wildman–Crippen MR) is 97.2 cm³/mol. The van der Waals surface area contributed by atoms with Crippen LogP contribution in [0, 0.1) is 6.92 Å². The Morgan fingerprint density at radius 2 is 1.93 bits per heavy atom. The van der Waals surface area contributed by atoms with Gasteiger partial charge in [-0.2, -0.15) is 18.2 Å². The van der Waals surface area contributed by atoms with E-state index in [0.29, 0.717) is 29.7 Å². The number of ether oxygens (including phenoxy) is 1. The SMILES string of the molecule is Cc1cc(Nc2cccc(C(F)(F)F)c2)nc(NCCN2CCOCC2)n1. The molecule has 1 aliphatic heterocycles. The van der Waals surface area contributed by atoms with Crippen LogP contribution in [0.2, 0.25) is 0 Å². The molecule has 2 N–H and O–H groups in total. The lowest BCUT2D eigenvalue weighted by Crippen LogP contribution is -2.39. The Morgan fingerprint density at radius 1 is 1.15 bits per heavy atom. The largest absolute Gasteiger partial charge is 0.416 e. The van der Waals surface area contributed by atoms with Crippen molar-refractivity contribution < 1.29 is 17.9 Å². The van der Waals surface area contributed by atoms with Crippen molar-refractivity contribution in [1.82, 2.24) is 14.9 Å². The van der Waals surface area contributed by atoms with Crippen molar-refractivity contribution in [3.05, 3.63) is 41.6 Å². The molecule has 2 heterocycles. The molecule has 0 bridgehead atoms. The number of nitrogens with one attached hydrogen (secondary N) is 2. The summed E-state index contributed by atoms with van der Waals surface area (Å²) < 4.78 is 43.9. The smallest absolute Gasteiger partial charge is 0.379 e. The van der Waals surface area contributed by atoms with E-state index in [0.717, 1.165) is 45.0 Å². The van der Waals surface area contributed by atoms with E-state index in [1.165, 1.54) is 6.07 Å². The number of rotatable bonds is 6. The summed E-state index contributed by atoms with van der Waals surface area (Å²) in [5.74, 6) is 0.883. The predicted octanol–water partition coefficient (Wildman–Crippen LogP) is 3.29. The van der Waals surface area contributed by atoms with Crippen LogP contribution in [0.5, 0.6) is 0 Å². The summed E-state index contributed by atoms with van der Waals surface area (Å²) in [5.41, 5.74) is 0.331. The number of halogens is 3. The lowest BCUT2D eigenvalue weighted by atomic mass is 10.2. The second-order valence-corrected chi connectivity index (χ2v) is 6.30. The number of hydrogen-bond acceptors (Lipinski definition) is 6. The molecule has 1 aliphatic rings. The fourth-order valence-electron chi connectivity index (χ4n) is 2.78. The summed E-state index contributed by atoms with van der Waals surface area (Å²) in [6, 6.07) is 6.71. The molecule has 146 valence electrons. The zero-order valence-electron chi connectivity index (χ0n) is 15.0. The third kappa shape index (κ3) is 5.80. The van der Waals surface area contributed by atoms with Crippen LogP contribution in [0.25, 0.3) is 0 Å². The molecule has 9 heteroatoms. The highest BCUT2D eigenvalue weighted by atomic mass is 19.4. The number of aromatic nitrogens is 2. The second kappa shape index (κ2) is 8.53. The highest BCUT2D eigenvalue weighted by molar-refractivity contribution is 5.58. The van der Waals surface area contributed by atoms with E-state index >= 15 is 0 Å². The van der Waals surface area contributed by atoms with Crippen molar-refractivity contribution in [2.45, 2.75) is 13.1 Å². The first kappa shape index (κ1) is 19.4. The Balaban J connectivity index is 1.63. The maximum atomic E-state index is 12.9. The maximum absolute atomic E-state index is 12.9. The molecule has 0 amide bonds. The van der Waals surface area contributed by atoms with Gasteiger partial charge in [-0.1, -0.05) is 6.07 Å². The summed E-state index contributed by atoms with van der Waals surface area (Å²) in [6.07, 6.45) is -4.38. The Bertz CT molecular complexity index is 763. The van der Waals surface area contributed by atoms with Crippen molar-refractivity contribution in [2.24, 2.45) is 0 Å². The van der Waals surface area contributed by atoms with Crippen molar-refractivity contribution in [2.75, 3.05) is 50.0 Å². The Morgan fingerprint density at radius 3 is 2.67 bits per heavy atom. The van der Waals surface area contributed by atoms with Crippen LogP contribution in [0.4, 0.5) is 30.6 Å². The molecule has 0 spiro atoms. The molecule has 0 unspecified atom stereocenters. The molecule has 2 aromatic rings. The van der Waals surface area contributed by atoms with Crippen LogP contribution >= 0.6 is 0 Å². The minimum Gasteiger partial charge on any atom is -0.379 e. The Labute approximate surface area is 155 Å². The number of anilines is 3. The van der Waals surface area contributed by atoms with Crippen LogP contribution in [-0.4, -0.2) is 54.3 Å². The van der Waals surface area contributed by atoms with Gasteiger partial charge in [-0.05, 0) is 25.1 Å². The first-order valence-corrected chi connectivity index (χ1v) is 8.74. The van der Waals surface area contributed by atoms with Gasteiger partial charge in [0.25, 0.3) is 0 Å².